The summed E-state index contributed by atoms with van der Waals surface area (Å²) in [5.74, 6) is 1.54. The summed E-state index contributed by atoms with van der Waals surface area (Å²) in [7, 11) is 0. The normalized spacial score (nSPS) is 13.6. The molecule has 0 saturated heterocycles. The second-order valence-electron chi connectivity index (χ2n) is 2.57. The highest BCUT2D eigenvalue weighted by Crippen LogP contribution is 2.34. The van der Waals surface area contributed by atoms with Crippen molar-refractivity contribution in [2.45, 2.75) is 6.92 Å². The Morgan fingerprint density at radius 2 is 2.23 bits per heavy atom. The smallest absolute Gasteiger partial charge is 0.231 e. The lowest BCUT2D eigenvalue weighted by Gasteiger charge is -2.00. The average molecular weight is 178 g/mol. The molecule has 2 rings (SSSR count). The minimum absolute atomic E-state index is 0.301. The Hall–Kier alpha value is -1.71. The van der Waals surface area contributed by atoms with E-state index in [9.17, 15) is 0 Å². The van der Waals surface area contributed by atoms with Crippen molar-refractivity contribution in [3.8, 4) is 11.5 Å². The Morgan fingerprint density at radius 3 is 3.08 bits per heavy atom. The first kappa shape index (κ1) is 7.91. The van der Waals surface area contributed by atoms with E-state index in [-0.39, 0.29) is 0 Å². The van der Waals surface area contributed by atoms with Gasteiger partial charge in [-0.2, -0.15) is 5.10 Å². The monoisotopic (exact) mass is 178 g/mol. The molecule has 0 aliphatic carbocycles. The van der Waals surface area contributed by atoms with Gasteiger partial charge in [0.15, 0.2) is 11.5 Å². The van der Waals surface area contributed by atoms with Gasteiger partial charge in [-0.1, -0.05) is 0 Å². The van der Waals surface area contributed by atoms with E-state index in [0.717, 1.165) is 17.2 Å². The van der Waals surface area contributed by atoms with Crippen molar-refractivity contribution in [1.82, 2.24) is 0 Å². The zero-order chi connectivity index (χ0) is 9.10. The number of ether oxygens (including phenoxy) is 2. The largest absolute Gasteiger partial charge is 0.454 e. The van der Waals surface area contributed by atoms with Crippen LogP contribution in [0, 0.1) is 0 Å². The van der Waals surface area contributed by atoms with Gasteiger partial charge in [-0.15, -0.1) is 0 Å². The predicted octanol–water partition coefficient (Wildman–Crippen LogP) is 1.83. The Labute approximate surface area is 76.2 Å². The summed E-state index contributed by atoms with van der Waals surface area (Å²) in [6.45, 7) is 2.15. The number of benzene rings is 1. The van der Waals surface area contributed by atoms with E-state index in [1.165, 1.54) is 0 Å². The van der Waals surface area contributed by atoms with Crippen molar-refractivity contribution >= 4 is 11.9 Å². The lowest BCUT2D eigenvalue weighted by molar-refractivity contribution is 0.174. The van der Waals surface area contributed by atoms with Crippen molar-refractivity contribution in [3.63, 3.8) is 0 Å². The molecule has 1 heterocycles. The van der Waals surface area contributed by atoms with Gasteiger partial charge in [-0.3, -0.25) is 5.43 Å². The lowest BCUT2D eigenvalue weighted by Crippen LogP contribution is -1.93. The number of anilines is 1. The van der Waals surface area contributed by atoms with Gasteiger partial charge in [0.05, 0.1) is 5.69 Å². The van der Waals surface area contributed by atoms with Crippen LogP contribution in [0.5, 0.6) is 11.5 Å². The fraction of sp³-hybridized carbons (Fsp3) is 0.222. The average Bonchev–Trinajstić information content (AvgIpc) is 2.61. The van der Waals surface area contributed by atoms with Gasteiger partial charge in [-0.05, 0) is 19.1 Å². The van der Waals surface area contributed by atoms with Crippen LogP contribution in [-0.4, -0.2) is 13.0 Å². The van der Waals surface area contributed by atoms with Gasteiger partial charge in [0.2, 0.25) is 6.79 Å². The molecule has 1 N–H and O–H groups in total. The number of hydrazone groups is 1. The van der Waals surface area contributed by atoms with Crippen LogP contribution in [0.15, 0.2) is 23.3 Å². The van der Waals surface area contributed by atoms with Crippen LogP contribution < -0.4 is 14.9 Å². The minimum Gasteiger partial charge on any atom is -0.454 e. The standard InChI is InChI=1S/C9H10N2O2/c1-2-10-11-7-3-4-8-9(5-7)13-6-12-8/h2-5,11H,6H2,1H3/b10-2-. The van der Waals surface area contributed by atoms with Crippen LogP contribution in [0.3, 0.4) is 0 Å². The van der Waals surface area contributed by atoms with Crippen LogP contribution >= 0.6 is 0 Å². The molecule has 68 valence electrons. The van der Waals surface area contributed by atoms with Crippen LogP contribution in [0.25, 0.3) is 0 Å². The van der Waals surface area contributed by atoms with Crippen molar-refractivity contribution in [2.75, 3.05) is 12.2 Å². The molecular formula is C9H10N2O2. The molecule has 1 aliphatic heterocycles. The summed E-state index contributed by atoms with van der Waals surface area (Å²) in [6, 6.07) is 5.60. The van der Waals surface area contributed by atoms with E-state index >= 15 is 0 Å². The molecule has 1 aliphatic rings. The van der Waals surface area contributed by atoms with Crippen molar-refractivity contribution in [1.29, 1.82) is 0 Å². The molecule has 0 unspecified atom stereocenters. The molecule has 13 heavy (non-hydrogen) atoms. The van der Waals surface area contributed by atoms with E-state index in [0.29, 0.717) is 6.79 Å². The molecule has 0 bridgehead atoms. The molecule has 0 radical (unpaired) electrons. The first-order valence-corrected chi connectivity index (χ1v) is 4.03. The third-order valence-electron chi connectivity index (χ3n) is 1.70. The van der Waals surface area contributed by atoms with Crippen molar-refractivity contribution in [3.05, 3.63) is 18.2 Å². The third kappa shape index (κ3) is 1.56. The Balaban J connectivity index is 2.20. The van der Waals surface area contributed by atoms with E-state index in [1.54, 1.807) is 6.21 Å². The fourth-order valence-corrected chi connectivity index (χ4v) is 1.11. The van der Waals surface area contributed by atoms with Gasteiger partial charge >= 0.3 is 0 Å². The zero-order valence-corrected chi connectivity index (χ0v) is 7.28. The number of hydrogen-bond donors (Lipinski definition) is 1. The summed E-state index contributed by atoms with van der Waals surface area (Å²) >= 11 is 0. The van der Waals surface area contributed by atoms with Crippen LogP contribution in [0.1, 0.15) is 6.92 Å². The summed E-state index contributed by atoms with van der Waals surface area (Å²) < 4.78 is 10.4. The fourth-order valence-electron chi connectivity index (χ4n) is 1.11. The van der Waals surface area contributed by atoms with Crippen LogP contribution in [-0.2, 0) is 0 Å². The van der Waals surface area contributed by atoms with Gasteiger partial charge in [0.25, 0.3) is 0 Å². The van der Waals surface area contributed by atoms with E-state index < -0.39 is 0 Å². The molecule has 0 saturated carbocycles. The molecule has 4 nitrogen and oxygen atoms in total. The van der Waals surface area contributed by atoms with Crippen molar-refractivity contribution < 1.29 is 9.47 Å². The molecule has 4 heteroatoms. The zero-order valence-electron chi connectivity index (χ0n) is 7.28. The number of hydrogen-bond acceptors (Lipinski definition) is 4. The summed E-state index contributed by atoms with van der Waals surface area (Å²) in [4.78, 5) is 0. The Kier molecular flexibility index (Phi) is 2.04. The molecule has 0 fully saturated rings. The van der Waals surface area contributed by atoms with Gasteiger partial charge in [-0.25, -0.2) is 0 Å². The highest BCUT2D eigenvalue weighted by atomic mass is 16.7. The molecule has 0 spiro atoms. The highest BCUT2D eigenvalue weighted by Gasteiger charge is 2.12. The van der Waals surface area contributed by atoms with E-state index in [1.807, 2.05) is 25.1 Å². The maximum absolute atomic E-state index is 5.20. The van der Waals surface area contributed by atoms with Crippen LogP contribution in [0.2, 0.25) is 0 Å². The van der Waals surface area contributed by atoms with Gasteiger partial charge in [0.1, 0.15) is 0 Å². The quantitative estimate of drug-likeness (QED) is 0.555. The topological polar surface area (TPSA) is 42.9 Å². The van der Waals surface area contributed by atoms with E-state index in [4.69, 9.17) is 9.47 Å². The maximum Gasteiger partial charge on any atom is 0.231 e. The SMILES string of the molecule is C/C=N\Nc1ccc2c(c1)OCO2. The second kappa shape index (κ2) is 3.35. The molecule has 1 aromatic rings. The van der Waals surface area contributed by atoms with Gasteiger partial charge < -0.3 is 9.47 Å². The second-order valence-corrected chi connectivity index (χ2v) is 2.57. The lowest BCUT2D eigenvalue weighted by atomic mass is 10.3. The number of rotatable bonds is 2. The number of nitrogens with one attached hydrogen (secondary N) is 1. The summed E-state index contributed by atoms with van der Waals surface area (Å²) in [5.41, 5.74) is 3.75. The molecule has 0 aromatic heterocycles. The van der Waals surface area contributed by atoms with Gasteiger partial charge in [0, 0.05) is 12.3 Å². The Bertz CT molecular complexity index is 336. The first-order valence-electron chi connectivity index (χ1n) is 4.03. The predicted molar refractivity (Wildman–Crippen MR) is 50.4 cm³/mol. The Morgan fingerprint density at radius 1 is 1.38 bits per heavy atom. The first-order chi connectivity index (χ1) is 6.40. The molecule has 1 aromatic carbocycles. The summed E-state index contributed by atoms with van der Waals surface area (Å²) in [6.07, 6.45) is 1.69. The van der Waals surface area contributed by atoms with Crippen LogP contribution in [0.4, 0.5) is 5.69 Å². The molecule has 0 amide bonds. The van der Waals surface area contributed by atoms with Crippen molar-refractivity contribution in [2.24, 2.45) is 5.10 Å². The maximum atomic E-state index is 5.20. The molecular weight excluding hydrogens is 168 g/mol. The van der Waals surface area contributed by atoms with E-state index in [2.05, 4.69) is 10.5 Å². The summed E-state index contributed by atoms with van der Waals surface area (Å²) in [5, 5.41) is 3.90. The molecule has 0 atom stereocenters. The highest BCUT2D eigenvalue weighted by molar-refractivity contribution is 5.59. The number of fused-ring (bicyclic) bond motifs is 1. The third-order valence-corrected chi connectivity index (χ3v) is 1.70. The number of nitrogens with zero attached hydrogens (tertiary/aromatic N) is 1. The minimum atomic E-state index is 0.301.